The third-order valence-corrected chi connectivity index (χ3v) is 14.4. The van der Waals surface area contributed by atoms with Crippen LogP contribution in [0.2, 0.25) is 0 Å². The number of para-hydroxylation sites is 1. The summed E-state index contributed by atoms with van der Waals surface area (Å²) in [6.07, 6.45) is 2.21. The fourth-order valence-corrected chi connectivity index (χ4v) is 10.6. The summed E-state index contributed by atoms with van der Waals surface area (Å²) >= 11 is 1.56. The Morgan fingerprint density at radius 3 is 2.28 bits per heavy atom. The number of aromatic nitrogens is 2. The van der Waals surface area contributed by atoms with Crippen LogP contribution in [0.1, 0.15) is 87.6 Å². The Labute approximate surface area is 438 Å². The zero-order chi connectivity index (χ0) is 53.8. The number of amides is 4. The van der Waals surface area contributed by atoms with Gasteiger partial charge in [0.25, 0.3) is 5.91 Å². The largest absolute Gasteiger partial charge is 0.492 e. The number of benzene rings is 4. The quantitative estimate of drug-likeness (QED) is 0.0418. The number of halogens is 3. The molecule has 0 bridgehead atoms. The first kappa shape index (κ1) is 54.2. The van der Waals surface area contributed by atoms with Gasteiger partial charge in [-0.15, -0.1) is 11.3 Å². The maximum atomic E-state index is 16.1. The van der Waals surface area contributed by atoms with Crippen molar-refractivity contribution in [3.8, 4) is 21.9 Å². The van der Waals surface area contributed by atoms with Crippen molar-refractivity contribution in [3.05, 3.63) is 142 Å². The minimum absolute atomic E-state index is 0.0462. The van der Waals surface area contributed by atoms with E-state index in [4.69, 9.17) is 9.47 Å². The summed E-state index contributed by atoms with van der Waals surface area (Å²) in [4.78, 5) is 65.4. The molecule has 2 aliphatic rings. The highest BCUT2D eigenvalue weighted by molar-refractivity contribution is 7.13. The third kappa shape index (κ3) is 13.1. The number of carbonyl (C=O) groups is 4. The number of rotatable bonds is 18. The first-order valence-corrected chi connectivity index (χ1v) is 25.9. The summed E-state index contributed by atoms with van der Waals surface area (Å²) in [5, 5.41) is 19.9. The second kappa shape index (κ2) is 22.8. The van der Waals surface area contributed by atoms with Crippen LogP contribution in [0.25, 0.3) is 27.4 Å². The summed E-state index contributed by atoms with van der Waals surface area (Å²) in [5.74, 6) is -2.81. The molecule has 14 nitrogen and oxygen atoms in total. The summed E-state index contributed by atoms with van der Waals surface area (Å²) < 4.78 is 58.9. The summed E-state index contributed by atoms with van der Waals surface area (Å²) in [6, 6.07) is 21.1. The van der Waals surface area contributed by atoms with Gasteiger partial charge in [0.2, 0.25) is 17.7 Å². The average molecular weight is 1050 g/mol. The highest BCUT2D eigenvalue weighted by atomic mass is 32.1. The molecule has 0 spiro atoms. The minimum Gasteiger partial charge on any atom is -0.492 e. The molecule has 396 valence electrons. The molecule has 0 saturated carbocycles. The molecule has 8 rings (SSSR count). The molecular formula is C57H64F3N7O7S. The first-order chi connectivity index (χ1) is 35.6. The van der Waals surface area contributed by atoms with E-state index in [-0.39, 0.29) is 56.4 Å². The van der Waals surface area contributed by atoms with Crippen LogP contribution in [0.5, 0.6) is 11.5 Å². The average Bonchev–Trinajstić information content (AvgIpc) is 4.09. The molecule has 18 heteroatoms. The fraction of sp³-hybridized carbons (Fsp3) is 0.386. The van der Waals surface area contributed by atoms with Crippen molar-refractivity contribution in [1.29, 1.82) is 0 Å². The van der Waals surface area contributed by atoms with Crippen LogP contribution in [0.3, 0.4) is 0 Å². The van der Waals surface area contributed by atoms with Gasteiger partial charge in [0.15, 0.2) is 6.61 Å². The molecule has 0 radical (unpaired) electrons. The van der Waals surface area contributed by atoms with Crippen LogP contribution in [-0.4, -0.2) is 111 Å². The number of alkyl halides is 1. The van der Waals surface area contributed by atoms with Gasteiger partial charge in [-0.2, -0.15) is 0 Å². The lowest BCUT2D eigenvalue weighted by atomic mass is 9.85. The van der Waals surface area contributed by atoms with Crippen LogP contribution >= 0.6 is 11.3 Å². The second-order valence-electron chi connectivity index (χ2n) is 21.0. The molecule has 6 aromatic rings. The van der Waals surface area contributed by atoms with E-state index in [9.17, 15) is 24.3 Å². The van der Waals surface area contributed by atoms with Gasteiger partial charge in [0.1, 0.15) is 47.5 Å². The number of aliphatic hydroxyl groups excluding tert-OH is 1. The lowest BCUT2D eigenvalue weighted by Gasteiger charge is -2.43. The van der Waals surface area contributed by atoms with Gasteiger partial charge >= 0.3 is 0 Å². The van der Waals surface area contributed by atoms with Gasteiger partial charge in [-0.1, -0.05) is 63.2 Å². The van der Waals surface area contributed by atoms with Crippen LogP contribution < -0.4 is 25.4 Å². The standard InChI is InChI=1S/C57H64F3N7O7S/c1-33-24-42-41-10-8-9-11-45(41)64-50(42)51(67(33)31-57(6,7)60)49-43(58)25-36(26-44(49)59)14-21-47(69)61-22-23-73-39-17-19-40(20-18-39)74-30-48(70)65-53(56(3,4)5)55(72)66-29-38(68)27-46(66)54(71)62-28-35-12-15-37(16-13-35)52-34(2)63-32-75-52/h8-21,25-26,32-33,38,46,51,53,64,68H,22-24,27-31H2,1-7H3,(H,61,69)(H,62,71)(H,65,70)/b21-14+/t33-,38-,46+,51-,53-/m1/s1. The van der Waals surface area contributed by atoms with E-state index in [0.29, 0.717) is 23.6 Å². The topological polar surface area (TPSA) is 178 Å². The summed E-state index contributed by atoms with van der Waals surface area (Å²) in [5.41, 5.74) is 4.59. The van der Waals surface area contributed by atoms with E-state index in [1.807, 2.05) is 62.4 Å². The minimum atomic E-state index is -1.63. The molecule has 4 heterocycles. The maximum absolute atomic E-state index is 16.1. The van der Waals surface area contributed by atoms with Crippen molar-refractivity contribution in [1.82, 2.24) is 35.7 Å². The Hall–Kier alpha value is -7.02. The molecule has 5 N–H and O–H groups in total. The van der Waals surface area contributed by atoms with Crippen molar-refractivity contribution in [2.45, 2.75) is 104 Å². The lowest BCUT2D eigenvalue weighted by molar-refractivity contribution is -0.144. The zero-order valence-corrected chi connectivity index (χ0v) is 44.0. The van der Waals surface area contributed by atoms with Crippen molar-refractivity contribution in [3.63, 3.8) is 0 Å². The predicted molar refractivity (Wildman–Crippen MR) is 283 cm³/mol. The smallest absolute Gasteiger partial charge is 0.258 e. The highest BCUT2D eigenvalue weighted by Crippen LogP contribution is 2.43. The summed E-state index contributed by atoms with van der Waals surface area (Å²) in [6.45, 7) is 12.1. The molecule has 0 aliphatic carbocycles. The number of hydrogen-bond acceptors (Lipinski definition) is 10. The Balaban J connectivity index is 0.793. The number of carbonyl (C=O) groups excluding carboxylic acids is 4. The third-order valence-electron chi connectivity index (χ3n) is 13.5. The number of aliphatic hydroxyl groups is 1. The van der Waals surface area contributed by atoms with Gasteiger partial charge in [-0.25, -0.2) is 18.2 Å². The Morgan fingerprint density at radius 1 is 0.947 bits per heavy atom. The van der Waals surface area contributed by atoms with Gasteiger partial charge in [0.05, 0.1) is 34.8 Å². The molecule has 2 aromatic heterocycles. The van der Waals surface area contributed by atoms with Crippen LogP contribution in [0.15, 0.2) is 96.5 Å². The van der Waals surface area contributed by atoms with Gasteiger partial charge < -0.3 is 40.4 Å². The number of aryl methyl sites for hydroxylation is 1. The van der Waals surface area contributed by atoms with Crippen molar-refractivity contribution in [2.24, 2.45) is 5.41 Å². The van der Waals surface area contributed by atoms with Gasteiger partial charge in [0, 0.05) is 60.3 Å². The SMILES string of the molecule is Cc1ncsc1-c1ccc(CNC(=O)[C@@H]2C[C@@H](O)CN2C(=O)[C@@H](NC(=O)COc2ccc(OCCNC(=O)/C=C/c3cc(F)c([C@@H]4c5[nH]c6ccccc6c5C[C@@H](C)N4CC(C)(C)F)c(F)c3)cc2)C(C)(C)C)cc1. The second-order valence-corrected chi connectivity index (χ2v) is 21.8. The Bertz CT molecular complexity index is 3030. The first-order valence-electron chi connectivity index (χ1n) is 25.0. The number of fused-ring (bicyclic) bond motifs is 3. The number of ether oxygens (including phenoxy) is 2. The number of hydrogen-bond donors (Lipinski definition) is 5. The van der Waals surface area contributed by atoms with Gasteiger partial charge in [-0.05, 0) is 110 Å². The maximum Gasteiger partial charge on any atom is 0.258 e. The van der Waals surface area contributed by atoms with E-state index >= 15 is 13.2 Å². The number of nitrogens with zero attached hydrogens (tertiary/aromatic N) is 3. The number of H-pyrrole nitrogens is 1. The van der Waals surface area contributed by atoms with E-state index in [0.717, 1.165) is 38.2 Å². The molecule has 4 aromatic carbocycles. The van der Waals surface area contributed by atoms with Gasteiger partial charge in [-0.3, -0.25) is 24.1 Å². The Morgan fingerprint density at radius 2 is 1.63 bits per heavy atom. The molecule has 75 heavy (non-hydrogen) atoms. The molecule has 5 atom stereocenters. The molecule has 1 fully saturated rings. The normalized spacial score (nSPS) is 18.5. The number of nitrogens with one attached hydrogen (secondary N) is 4. The van der Waals surface area contributed by atoms with Crippen molar-refractivity contribution >= 4 is 51.9 Å². The monoisotopic (exact) mass is 1050 g/mol. The predicted octanol–water partition coefficient (Wildman–Crippen LogP) is 8.36. The number of likely N-dealkylation sites (tertiary alicyclic amines) is 1. The zero-order valence-electron chi connectivity index (χ0n) is 43.1. The van der Waals surface area contributed by atoms with E-state index in [1.165, 1.54) is 43.0 Å². The molecule has 4 amide bonds. The van der Waals surface area contributed by atoms with E-state index < -0.39 is 77.2 Å². The van der Waals surface area contributed by atoms with Crippen LogP contribution in [-0.2, 0) is 32.1 Å². The number of thiazole rings is 1. The molecule has 2 aliphatic heterocycles. The van der Waals surface area contributed by atoms with E-state index in [1.54, 1.807) is 66.8 Å². The fourth-order valence-electron chi connectivity index (χ4n) is 9.80. The molecular weight excluding hydrogens is 984 g/mol. The molecule has 0 unspecified atom stereocenters. The van der Waals surface area contributed by atoms with Crippen molar-refractivity contribution in [2.75, 3.05) is 32.8 Å². The van der Waals surface area contributed by atoms with E-state index in [2.05, 4.69) is 25.9 Å². The highest BCUT2D eigenvalue weighted by Gasteiger charge is 2.45. The number of aromatic amines is 1. The van der Waals surface area contributed by atoms with Crippen LogP contribution in [0, 0.1) is 24.0 Å². The Kier molecular flexibility index (Phi) is 16.5. The summed E-state index contributed by atoms with van der Waals surface area (Å²) in [7, 11) is 0. The molecule has 1 saturated heterocycles. The van der Waals surface area contributed by atoms with Crippen LogP contribution in [0.4, 0.5) is 13.2 Å². The van der Waals surface area contributed by atoms with Crippen molar-refractivity contribution < 1.29 is 46.9 Å². The lowest BCUT2D eigenvalue weighted by Crippen LogP contribution is -2.58. The number of β-amino-alcohol motifs (C(OH)–C–C–N with tert-alkyl or cyclic N) is 1.